The lowest BCUT2D eigenvalue weighted by atomic mass is 10.1. The monoisotopic (exact) mass is 531 g/mol. The highest BCUT2D eigenvalue weighted by molar-refractivity contribution is 14.0. The number of ether oxygens (including phenoxy) is 1. The predicted molar refractivity (Wildman–Crippen MR) is 133 cm³/mol. The number of nitrogens with zero attached hydrogens (tertiary/aromatic N) is 3. The second-order valence-electron chi connectivity index (χ2n) is 8.80. The molecule has 1 aromatic rings. The molecule has 0 saturated carbocycles. The minimum Gasteiger partial charge on any atom is -0.444 e. The van der Waals surface area contributed by atoms with E-state index < -0.39 is 5.60 Å². The molecule has 2 N–H and O–H groups in total. The van der Waals surface area contributed by atoms with Gasteiger partial charge >= 0.3 is 6.09 Å². The lowest BCUT2D eigenvalue weighted by Gasteiger charge is -2.23. The first-order valence-corrected chi connectivity index (χ1v) is 10.4. The molecule has 8 heteroatoms. The van der Waals surface area contributed by atoms with E-state index in [9.17, 15) is 4.79 Å². The predicted octanol–water partition coefficient (Wildman–Crippen LogP) is 3.43. The maximum atomic E-state index is 12.0. The van der Waals surface area contributed by atoms with Crippen LogP contribution in [0, 0.1) is 0 Å². The fourth-order valence-electron chi connectivity index (χ4n) is 3.25. The van der Waals surface area contributed by atoms with E-state index >= 15 is 0 Å². The first-order valence-electron chi connectivity index (χ1n) is 10.4. The van der Waals surface area contributed by atoms with E-state index in [1.807, 2.05) is 20.8 Å². The fourth-order valence-corrected chi connectivity index (χ4v) is 3.25. The van der Waals surface area contributed by atoms with Crippen LogP contribution in [0.2, 0.25) is 0 Å². The summed E-state index contributed by atoms with van der Waals surface area (Å²) in [6, 6.07) is 8.67. The molecular weight excluding hydrogens is 493 g/mol. The van der Waals surface area contributed by atoms with Gasteiger partial charge in [0.2, 0.25) is 0 Å². The number of alkyl carbamates (subject to hydrolysis) is 1. The van der Waals surface area contributed by atoms with Gasteiger partial charge in [-0.2, -0.15) is 0 Å². The summed E-state index contributed by atoms with van der Waals surface area (Å²) in [5, 5.41) is 6.34. The summed E-state index contributed by atoms with van der Waals surface area (Å²) in [6.07, 6.45) is 0.521. The van der Waals surface area contributed by atoms with Crippen LogP contribution in [0.5, 0.6) is 0 Å². The van der Waals surface area contributed by atoms with Crippen LogP contribution in [-0.4, -0.2) is 67.2 Å². The van der Waals surface area contributed by atoms with Crippen LogP contribution >= 0.6 is 24.0 Å². The molecule has 1 aliphatic rings. The normalized spacial score (nSPS) is 17.0. The van der Waals surface area contributed by atoms with Gasteiger partial charge in [-0.3, -0.25) is 0 Å². The Morgan fingerprint density at radius 1 is 1.23 bits per heavy atom. The summed E-state index contributed by atoms with van der Waals surface area (Å²) in [5.41, 5.74) is 2.00. The average molecular weight is 531 g/mol. The van der Waals surface area contributed by atoms with Crippen LogP contribution in [0.1, 0.15) is 45.2 Å². The van der Waals surface area contributed by atoms with Crippen LogP contribution in [-0.2, 0) is 17.8 Å². The fraction of sp³-hybridized carbons (Fsp3) is 0.636. The molecule has 0 spiro atoms. The number of benzene rings is 1. The topological polar surface area (TPSA) is 69.2 Å². The van der Waals surface area contributed by atoms with E-state index in [4.69, 9.17) is 9.73 Å². The number of aliphatic imine (C=N–C) groups is 1. The molecule has 0 aromatic heterocycles. The van der Waals surface area contributed by atoms with Crippen molar-refractivity contribution in [2.24, 2.45) is 4.99 Å². The van der Waals surface area contributed by atoms with Crippen molar-refractivity contribution in [2.45, 2.75) is 58.8 Å². The summed E-state index contributed by atoms with van der Waals surface area (Å²) in [4.78, 5) is 21.2. The average Bonchev–Trinajstić information content (AvgIpc) is 3.06. The largest absolute Gasteiger partial charge is 0.444 e. The zero-order valence-electron chi connectivity index (χ0n) is 19.2. The van der Waals surface area contributed by atoms with Gasteiger partial charge in [-0.25, -0.2) is 9.79 Å². The summed E-state index contributed by atoms with van der Waals surface area (Å²) >= 11 is 0. The molecule has 1 unspecified atom stereocenters. The number of amides is 1. The Labute approximate surface area is 198 Å². The zero-order valence-corrected chi connectivity index (χ0v) is 21.5. The van der Waals surface area contributed by atoms with Crippen molar-refractivity contribution >= 4 is 36.0 Å². The van der Waals surface area contributed by atoms with Gasteiger partial charge in [0.1, 0.15) is 5.60 Å². The van der Waals surface area contributed by atoms with E-state index in [1.54, 1.807) is 0 Å². The molecule has 0 aliphatic carbocycles. The molecule has 1 aromatic carbocycles. The van der Waals surface area contributed by atoms with Crippen molar-refractivity contribution in [3.05, 3.63) is 35.4 Å². The maximum Gasteiger partial charge on any atom is 0.407 e. The Morgan fingerprint density at radius 2 is 1.87 bits per heavy atom. The van der Waals surface area contributed by atoms with Crippen LogP contribution in [0.3, 0.4) is 0 Å². The Bertz CT molecular complexity index is 686. The summed E-state index contributed by atoms with van der Waals surface area (Å²) in [6.45, 7) is 11.6. The number of carbonyl (C=O) groups excluding carboxylic acids is 1. The number of rotatable bonds is 6. The van der Waals surface area contributed by atoms with Crippen LogP contribution < -0.4 is 10.6 Å². The SMILES string of the molecule is CCNC(=NCc1ccc(CN(C)C)cc1)N1CCC(NC(=O)OC(C)(C)C)C1.I. The van der Waals surface area contributed by atoms with Gasteiger partial charge in [-0.05, 0) is 59.3 Å². The highest BCUT2D eigenvalue weighted by Gasteiger charge is 2.27. The van der Waals surface area contributed by atoms with Crippen molar-refractivity contribution in [3.8, 4) is 0 Å². The number of hydrogen-bond acceptors (Lipinski definition) is 4. The molecule has 0 radical (unpaired) electrons. The standard InChI is InChI=1S/C22H37N5O2.HI/c1-7-23-20(24-14-17-8-10-18(11-9-17)15-26(5)6)27-13-12-19(16-27)25-21(28)29-22(2,3)4;/h8-11,19H,7,12-16H2,1-6H3,(H,23,24)(H,25,28);1H. The number of nitrogens with one attached hydrogen (secondary N) is 2. The van der Waals surface area contributed by atoms with Gasteiger partial charge in [-0.15, -0.1) is 24.0 Å². The number of halogens is 1. The Balaban J connectivity index is 0.00000450. The summed E-state index contributed by atoms with van der Waals surface area (Å²) in [5.74, 6) is 0.887. The van der Waals surface area contributed by atoms with Crippen molar-refractivity contribution < 1.29 is 9.53 Å². The Morgan fingerprint density at radius 3 is 2.43 bits per heavy atom. The van der Waals surface area contributed by atoms with E-state index in [0.29, 0.717) is 6.54 Å². The molecule has 170 valence electrons. The third kappa shape index (κ3) is 9.51. The molecule has 1 saturated heterocycles. The molecule has 1 atom stereocenters. The first kappa shape index (κ1) is 26.5. The number of hydrogen-bond donors (Lipinski definition) is 2. The highest BCUT2D eigenvalue weighted by Crippen LogP contribution is 2.13. The Hall–Kier alpha value is -1.55. The third-order valence-electron chi connectivity index (χ3n) is 4.48. The second kappa shape index (κ2) is 12.3. The number of carbonyl (C=O) groups is 1. The minimum atomic E-state index is -0.485. The third-order valence-corrected chi connectivity index (χ3v) is 4.48. The van der Waals surface area contributed by atoms with Crippen molar-refractivity contribution in [1.29, 1.82) is 0 Å². The summed E-state index contributed by atoms with van der Waals surface area (Å²) in [7, 11) is 4.14. The molecule has 0 bridgehead atoms. The van der Waals surface area contributed by atoms with Gasteiger partial charge in [0.05, 0.1) is 12.6 Å². The smallest absolute Gasteiger partial charge is 0.407 e. The maximum absolute atomic E-state index is 12.0. The van der Waals surface area contributed by atoms with Crippen molar-refractivity contribution in [2.75, 3.05) is 33.7 Å². The van der Waals surface area contributed by atoms with E-state index in [-0.39, 0.29) is 36.1 Å². The van der Waals surface area contributed by atoms with Gasteiger partial charge in [0.25, 0.3) is 0 Å². The van der Waals surface area contributed by atoms with Crippen LogP contribution in [0.15, 0.2) is 29.3 Å². The second-order valence-corrected chi connectivity index (χ2v) is 8.80. The molecule has 1 heterocycles. The van der Waals surface area contributed by atoms with Gasteiger partial charge in [0, 0.05) is 26.2 Å². The van der Waals surface area contributed by atoms with Crippen molar-refractivity contribution in [1.82, 2.24) is 20.4 Å². The molecule has 1 amide bonds. The van der Waals surface area contributed by atoms with Gasteiger partial charge in [0.15, 0.2) is 5.96 Å². The lowest BCUT2D eigenvalue weighted by molar-refractivity contribution is 0.0507. The van der Waals surface area contributed by atoms with Crippen LogP contribution in [0.25, 0.3) is 0 Å². The first-order chi connectivity index (χ1) is 13.7. The van der Waals surface area contributed by atoms with E-state index in [2.05, 4.69) is 65.7 Å². The van der Waals surface area contributed by atoms with Crippen LogP contribution in [0.4, 0.5) is 4.79 Å². The zero-order chi connectivity index (χ0) is 21.4. The number of likely N-dealkylation sites (tertiary alicyclic amines) is 1. The van der Waals surface area contributed by atoms with E-state index in [1.165, 1.54) is 11.1 Å². The van der Waals surface area contributed by atoms with Gasteiger partial charge in [-0.1, -0.05) is 24.3 Å². The minimum absolute atomic E-state index is 0. The molecular formula is C22H38IN5O2. The molecule has 2 rings (SSSR count). The molecule has 7 nitrogen and oxygen atoms in total. The Kier molecular flexibility index (Phi) is 10.9. The van der Waals surface area contributed by atoms with E-state index in [0.717, 1.165) is 38.6 Å². The highest BCUT2D eigenvalue weighted by atomic mass is 127. The molecule has 30 heavy (non-hydrogen) atoms. The molecule has 1 aliphatic heterocycles. The molecule has 1 fully saturated rings. The number of guanidine groups is 1. The van der Waals surface area contributed by atoms with Gasteiger partial charge < -0.3 is 25.2 Å². The quantitative estimate of drug-likeness (QED) is 0.335. The summed E-state index contributed by atoms with van der Waals surface area (Å²) < 4.78 is 5.36. The van der Waals surface area contributed by atoms with Crippen molar-refractivity contribution in [3.63, 3.8) is 0 Å². The lowest BCUT2D eigenvalue weighted by Crippen LogP contribution is -2.44.